The third kappa shape index (κ3) is 5.25. The largest absolute Gasteiger partial charge is 0.366 e. The summed E-state index contributed by atoms with van der Waals surface area (Å²) in [5.74, 6) is -1.04. The summed E-state index contributed by atoms with van der Waals surface area (Å²) in [6.45, 7) is 5.35. The predicted molar refractivity (Wildman–Crippen MR) is 79.2 cm³/mol. The Morgan fingerprint density at radius 2 is 1.90 bits per heavy atom. The van der Waals surface area contributed by atoms with E-state index in [-0.39, 0.29) is 24.3 Å². The van der Waals surface area contributed by atoms with Gasteiger partial charge in [0.25, 0.3) is 0 Å². The van der Waals surface area contributed by atoms with E-state index in [2.05, 4.69) is 10.6 Å². The zero-order chi connectivity index (χ0) is 16.0. The van der Waals surface area contributed by atoms with E-state index in [0.29, 0.717) is 5.56 Å². The summed E-state index contributed by atoms with van der Waals surface area (Å²) in [4.78, 5) is 34.3. The lowest BCUT2D eigenvalue weighted by atomic mass is 10.0. The van der Waals surface area contributed by atoms with Crippen molar-refractivity contribution in [2.45, 2.75) is 33.4 Å². The highest BCUT2D eigenvalue weighted by molar-refractivity contribution is 5.93. The Bertz CT molecular complexity index is 541. The molecule has 1 atom stereocenters. The van der Waals surface area contributed by atoms with Crippen molar-refractivity contribution in [3.05, 3.63) is 35.4 Å². The highest BCUT2D eigenvalue weighted by atomic mass is 16.2. The number of carbonyl (C=O) groups excluding carboxylic acids is 3. The minimum absolute atomic E-state index is 0.0224. The molecule has 114 valence electrons. The molecule has 0 saturated carbocycles. The van der Waals surface area contributed by atoms with Crippen molar-refractivity contribution in [3.8, 4) is 0 Å². The Hall–Kier alpha value is -2.37. The number of hydrogen-bond donors (Lipinski definition) is 3. The van der Waals surface area contributed by atoms with Crippen LogP contribution in [-0.4, -0.2) is 23.8 Å². The Labute approximate surface area is 124 Å². The summed E-state index contributed by atoms with van der Waals surface area (Å²) in [5.41, 5.74) is 6.37. The van der Waals surface area contributed by atoms with E-state index < -0.39 is 11.9 Å². The van der Waals surface area contributed by atoms with Gasteiger partial charge in [-0.15, -0.1) is 0 Å². The molecule has 0 spiro atoms. The summed E-state index contributed by atoms with van der Waals surface area (Å²) in [6.07, 6.45) is 0. The van der Waals surface area contributed by atoms with Gasteiger partial charge in [0.2, 0.25) is 17.7 Å². The van der Waals surface area contributed by atoms with E-state index >= 15 is 0 Å². The maximum atomic E-state index is 12.1. The van der Waals surface area contributed by atoms with Crippen LogP contribution in [0.25, 0.3) is 0 Å². The van der Waals surface area contributed by atoms with Gasteiger partial charge >= 0.3 is 0 Å². The second-order valence-corrected chi connectivity index (χ2v) is 5.20. The van der Waals surface area contributed by atoms with Crippen LogP contribution in [-0.2, 0) is 16.1 Å². The van der Waals surface area contributed by atoms with Gasteiger partial charge in [0.1, 0.15) is 6.04 Å². The smallest absolute Gasteiger partial charge is 0.248 e. The predicted octanol–water partition coefficient (Wildman–Crippen LogP) is 0.562. The zero-order valence-electron chi connectivity index (χ0n) is 12.5. The van der Waals surface area contributed by atoms with Crippen molar-refractivity contribution in [1.82, 2.24) is 10.6 Å². The lowest BCUT2D eigenvalue weighted by molar-refractivity contribution is -0.129. The van der Waals surface area contributed by atoms with Crippen LogP contribution in [0, 0.1) is 5.92 Å². The van der Waals surface area contributed by atoms with E-state index in [1.807, 2.05) is 13.8 Å². The number of hydrogen-bond acceptors (Lipinski definition) is 3. The lowest BCUT2D eigenvalue weighted by Crippen LogP contribution is -2.48. The molecule has 0 radical (unpaired) electrons. The molecule has 0 bridgehead atoms. The van der Waals surface area contributed by atoms with Gasteiger partial charge in [-0.2, -0.15) is 0 Å². The molecule has 0 aromatic heterocycles. The normalized spacial score (nSPS) is 11.8. The Morgan fingerprint density at radius 3 is 2.43 bits per heavy atom. The van der Waals surface area contributed by atoms with Crippen molar-refractivity contribution in [1.29, 1.82) is 0 Å². The molecule has 1 aromatic carbocycles. The van der Waals surface area contributed by atoms with E-state index in [0.717, 1.165) is 5.56 Å². The average Bonchev–Trinajstić information content (AvgIpc) is 2.42. The summed E-state index contributed by atoms with van der Waals surface area (Å²) in [5, 5.41) is 5.37. The molecule has 4 N–H and O–H groups in total. The number of nitrogens with two attached hydrogens (primary N) is 1. The monoisotopic (exact) mass is 291 g/mol. The summed E-state index contributed by atoms with van der Waals surface area (Å²) in [6, 6.07) is 6.15. The quantitative estimate of drug-likeness (QED) is 0.714. The Kier molecular flexibility index (Phi) is 5.90. The van der Waals surface area contributed by atoms with Crippen LogP contribution >= 0.6 is 0 Å². The van der Waals surface area contributed by atoms with Gasteiger partial charge in [-0.1, -0.05) is 26.0 Å². The maximum absolute atomic E-state index is 12.1. The number of primary amides is 1. The molecule has 1 aromatic rings. The minimum Gasteiger partial charge on any atom is -0.366 e. The maximum Gasteiger partial charge on any atom is 0.248 e. The Morgan fingerprint density at radius 1 is 1.24 bits per heavy atom. The summed E-state index contributed by atoms with van der Waals surface area (Å²) < 4.78 is 0. The van der Waals surface area contributed by atoms with Crippen LogP contribution in [0.3, 0.4) is 0 Å². The SMILES string of the molecule is CC(=O)N[C@H](C(=O)NCc1cccc(C(N)=O)c1)C(C)C. The second-order valence-electron chi connectivity index (χ2n) is 5.20. The van der Waals surface area contributed by atoms with E-state index in [4.69, 9.17) is 5.73 Å². The van der Waals surface area contributed by atoms with Crippen LogP contribution in [0.4, 0.5) is 0 Å². The van der Waals surface area contributed by atoms with Crippen LogP contribution in [0.5, 0.6) is 0 Å². The van der Waals surface area contributed by atoms with Crippen molar-refractivity contribution < 1.29 is 14.4 Å². The molecule has 0 saturated heterocycles. The number of nitrogens with one attached hydrogen (secondary N) is 2. The van der Waals surface area contributed by atoms with Crippen molar-refractivity contribution in [3.63, 3.8) is 0 Å². The fourth-order valence-corrected chi connectivity index (χ4v) is 1.89. The fourth-order valence-electron chi connectivity index (χ4n) is 1.89. The molecular formula is C15H21N3O3. The molecule has 0 fully saturated rings. The van der Waals surface area contributed by atoms with Gasteiger partial charge in [0, 0.05) is 19.0 Å². The third-order valence-electron chi connectivity index (χ3n) is 2.99. The molecule has 6 nitrogen and oxygen atoms in total. The first kappa shape index (κ1) is 16.7. The first-order valence-corrected chi connectivity index (χ1v) is 6.74. The second kappa shape index (κ2) is 7.42. The average molecular weight is 291 g/mol. The van der Waals surface area contributed by atoms with Crippen LogP contribution in [0.1, 0.15) is 36.7 Å². The van der Waals surface area contributed by atoms with Gasteiger partial charge in [-0.25, -0.2) is 0 Å². The fraction of sp³-hybridized carbons (Fsp3) is 0.400. The summed E-state index contributed by atoms with van der Waals surface area (Å²) >= 11 is 0. The standard InChI is InChI=1S/C15H21N3O3/c1-9(2)13(18-10(3)19)15(21)17-8-11-5-4-6-12(7-11)14(16)20/h4-7,9,13H,8H2,1-3H3,(H2,16,20)(H,17,21)(H,18,19)/t13-/m0/s1. The van der Waals surface area contributed by atoms with Gasteiger partial charge in [0.15, 0.2) is 0 Å². The molecule has 6 heteroatoms. The molecule has 1 rings (SSSR count). The Balaban J connectivity index is 2.68. The van der Waals surface area contributed by atoms with Crippen molar-refractivity contribution in [2.24, 2.45) is 11.7 Å². The first-order chi connectivity index (χ1) is 9.81. The van der Waals surface area contributed by atoms with E-state index in [1.165, 1.54) is 6.92 Å². The summed E-state index contributed by atoms with van der Waals surface area (Å²) in [7, 11) is 0. The molecule has 3 amide bonds. The van der Waals surface area contributed by atoms with Crippen molar-refractivity contribution >= 4 is 17.7 Å². The van der Waals surface area contributed by atoms with Gasteiger partial charge in [-0.3, -0.25) is 14.4 Å². The number of rotatable bonds is 6. The molecule has 0 aliphatic rings. The van der Waals surface area contributed by atoms with E-state index in [9.17, 15) is 14.4 Å². The van der Waals surface area contributed by atoms with Crippen LogP contribution < -0.4 is 16.4 Å². The topological polar surface area (TPSA) is 101 Å². The molecule has 21 heavy (non-hydrogen) atoms. The minimum atomic E-state index is -0.582. The zero-order valence-corrected chi connectivity index (χ0v) is 12.5. The highest BCUT2D eigenvalue weighted by Gasteiger charge is 2.22. The van der Waals surface area contributed by atoms with Gasteiger partial charge in [0.05, 0.1) is 0 Å². The van der Waals surface area contributed by atoms with E-state index in [1.54, 1.807) is 24.3 Å². The molecule has 0 aliphatic carbocycles. The van der Waals surface area contributed by atoms with Gasteiger partial charge < -0.3 is 16.4 Å². The number of carbonyl (C=O) groups is 3. The van der Waals surface area contributed by atoms with Crippen LogP contribution in [0.2, 0.25) is 0 Å². The molecular weight excluding hydrogens is 270 g/mol. The highest BCUT2D eigenvalue weighted by Crippen LogP contribution is 2.06. The number of benzene rings is 1. The molecule has 0 aliphatic heterocycles. The third-order valence-corrected chi connectivity index (χ3v) is 2.99. The first-order valence-electron chi connectivity index (χ1n) is 6.74. The van der Waals surface area contributed by atoms with Gasteiger partial charge in [-0.05, 0) is 23.6 Å². The van der Waals surface area contributed by atoms with Crippen LogP contribution in [0.15, 0.2) is 24.3 Å². The lowest BCUT2D eigenvalue weighted by Gasteiger charge is -2.21. The molecule has 0 unspecified atom stereocenters. The number of amides is 3. The van der Waals surface area contributed by atoms with Crippen molar-refractivity contribution in [2.75, 3.05) is 0 Å². The molecule has 0 heterocycles.